The van der Waals surface area contributed by atoms with Crippen molar-refractivity contribution in [3.05, 3.63) is 118 Å². The molecule has 0 fully saturated rings. The summed E-state index contributed by atoms with van der Waals surface area (Å²) in [7, 11) is -2.75. The average molecular weight is 665 g/mol. The van der Waals surface area contributed by atoms with Crippen LogP contribution in [0.2, 0.25) is 0 Å². The number of alkyl carbamates (subject to hydrolysis) is 1. The molecule has 3 atom stereocenters. The molecule has 2 amide bonds. The third-order valence-electron chi connectivity index (χ3n) is 7.60. The van der Waals surface area contributed by atoms with E-state index in [1.165, 1.54) is 47.0 Å². The van der Waals surface area contributed by atoms with E-state index < -0.39 is 58.7 Å². The number of hydrogen-bond acceptors (Lipinski definition) is 8. The highest BCUT2D eigenvalue weighted by Gasteiger charge is 2.36. The molecule has 4 rings (SSSR count). The lowest BCUT2D eigenvalue weighted by atomic mass is 9.84. The first kappa shape index (κ1) is 34.6. The molecule has 0 spiro atoms. The highest BCUT2D eigenvalue weighted by Crippen LogP contribution is 2.36. The van der Waals surface area contributed by atoms with Crippen LogP contribution in [0, 0.1) is 0 Å². The van der Waals surface area contributed by atoms with Crippen molar-refractivity contribution in [2.45, 2.75) is 55.8 Å². The Kier molecular flexibility index (Phi) is 11.6. The van der Waals surface area contributed by atoms with Gasteiger partial charge in [0.05, 0.1) is 30.7 Å². The molecule has 0 bridgehead atoms. The fraction of sp³-hybridized carbons (Fsp3) is 0.294. The quantitative estimate of drug-likeness (QED) is 0.144. The number of methoxy groups -OCH3 is 1. The molecule has 46 heavy (non-hydrogen) atoms. The average Bonchev–Trinajstić information content (AvgIpc) is 3.54. The molecule has 3 aromatic carbocycles. The number of sulfonamides is 1. The number of rotatable bonds is 13. The summed E-state index contributed by atoms with van der Waals surface area (Å²) in [5.41, 5.74) is 7.87. The van der Waals surface area contributed by atoms with Crippen LogP contribution in [-0.2, 0) is 19.6 Å². The molecule has 1 heterocycles. The Morgan fingerprint density at radius 3 is 1.89 bits per heavy atom. The molecule has 0 aliphatic heterocycles. The summed E-state index contributed by atoms with van der Waals surface area (Å²) < 4.78 is 33.6. The number of carbonyl (C=O) groups is 2. The van der Waals surface area contributed by atoms with Gasteiger partial charge in [0.1, 0.15) is 6.04 Å². The van der Waals surface area contributed by atoms with Crippen LogP contribution in [0.25, 0.3) is 0 Å². The molecule has 0 radical (unpaired) electrons. The van der Waals surface area contributed by atoms with Crippen molar-refractivity contribution in [1.29, 1.82) is 0 Å². The topological polar surface area (TPSA) is 151 Å². The standard InChI is InChI=1S/C34H40N4O6S2/c1-22(2)38(46(42,43)27-17-15-26(35)16-18-27)28(21-39)30-20-19-29(45-30)23(3)36-33(40)32(37-34(41)44-4)31(24-11-7-5-8-12-24)25-13-9-6-10-14-25/h5-20,22-23,28,31-32,39H,21,35H2,1-4H3,(H,36,40)(H,37,41)/t23-,28+,32-/m0/s1. The van der Waals surface area contributed by atoms with Crippen LogP contribution >= 0.6 is 11.3 Å². The lowest BCUT2D eigenvalue weighted by Gasteiger charge is -2.32. The Morgan fingerprint density at radius 2 is 1.39 bits per heavy atom. The molecular formula is C34H40N4O6S2. The van der Waals surface area contributed by atoms with E-state index in [4.69, 9.17) is 10.5 Å². The lowest BCUT2D eigenvalue weighted by molar-refractivity contribution is -0.124. The number of nitrogens with one attached hydrogen (secondary N) is 2. The number of nitrogens with two attached hydrogens (primary N) is 1. The number of thiophene rings is 1. The number of carbonyl (C=O) groups excluding carboxylic acids is 2. The Morgan fingerprint density at radius 1 is 0.848 bits per heavy atom. The van der Waals surface area contributed by atoms with Gasteiger partial charge in [-0.25, -0.2) is 13.2 Å². The van der Waals surface area contributed by atoms with Crippen LogP contribution in [-0.4, -0.2) is 55.6 Å². The normalized spacial score (nSPS) is 13.7. The summed E-state index contributed by atoms with van der Waals surface area (Å²) in [5, 5.41) is 16.2. The molecule has 0 saturated heterocycles. The number of hydrogen-bond donors (Lipinski definition) is 4. The number of nitrogens with zero attached hydrogens (tertiary/aromatic N) is 1. The second-order valence-corrected chi connectivity index (χ2v) is 14.1. The van der Waals surface area contributed by atoms with E-state index in [1.807, 2.05) is 67.6 Å². The van der Waals surface area contributed by atoms with E-state index in [0.717, 1.165) is 16.0 Å². The Hall–Kier alpha value is -4.23. The maximum absolute atomic E-state index is 14.0. The van der Waals surface area contributed by atoms with Crippen LogP contribution in [0.4, 0.5) is 10.5 Å². The Balaban J connectivity index is 1.62. The third-order valence-corrected chi connectivity index (χ3v) is 11.1. The van der Waals surface area contributed by atoms with Crippen molar-refractivity contribution in [2.24, 2.45) is 0 Å². The van der Waals surface area contributed by atoms with Gasteiger partial charge in [0.15, 0.2) is 0 Å². The largest absolute Gasteiger partial charge is 0.453 e. The van der Waals surface area contributed by atoms with Gasteiger partial charge in [-0.1, -0.05) is 60.7 Å². The molecular weight excluding hydrogens is 625 g/mol. The maximum atomic E-state index is 14.0. The summed E-state index contributed by atoms with van der Waals surface area (Å²) in [6.45, 7) is 4.86. The van der Waals surface area contributed by atoms with E-state index in [-0.39, 0.29) is 4.90 Å². The van der Waals surface area contributed by atoms with Gasteiger partial charge < -0.3 is 26.2 Å². The zero-order valence-corrected chi connectivity index (χ0v) is 27.8. The van der Waals surface area contributed by atoms with Gasteiger partial charge in [0, 0.05) is 27.4 Å². The van der Waals surface area contributed by atoms with E-state index in [9.17, 15) is 23.1 Å². The predicted molar refractivity (Wildman–Crippen MR) is 180 cm³/mol. The minimum absolute atomic E-state index is 0.0711. The van der Waals surface area contributed by atoms with E-state index >= 15 is 0 Å². The minimum Gasteiger partial charge on any atom is -0.453 e. The molecule has 0 unspecified atom stereocenters. The Labute approximate surface area is 274 Å². The van der Waals surface area contributed by atoms with Gasteiger partial charge in [-0.2, -0.15) is 4.31 Å². The van der Waals surface area contributed by atoms with Gasteiger partial charge in [0.25, 0.3) is 0 Å². The SMILES string of the molecule is COC(=O)N[C@H](C(=O)N[C@@H](C)c1ccc([C@@H](CO)N(C(C)C)S(=O)(=O)c2ccc(N)cc2)s1)C(c1ccccc1)c1ccccc1. The number of amides is 2. The third kappa shape index (κ3) is 7.94. The maximum Gasteiger partial charge on any atom is 0.407 e. The van der Waals surface area contributed by atoms with E-state index in [0.29, 0.717) is 10.6 Å². The number of anilines is 1. The number of ether oxygens (including phenoxy) is 1. The zero-order valence-electron chi connectivity index (χ0n) is 26.2. The fourth-order valence-corrected chi connectivity index (χ4v) is 8.37. The number of aliphatic hydroxyl groups excluding tert-OH is 1. The van der Waals surface area contributed by atoms with Gasteiger partial charge in [0.2, 0.25) is 15.9 Å². The molecule has 1 aromatic heterocycles. The lowest BCUT2D eigenvalue weighted by Crippen LogP contribution is -2.50. The van der Waals surface area contributed by atoms with Crippen LogP contribution in [0.15, 0.2) is 102 Å². The fourth-order valence-electron chi connectivity index (χ4n) is 5.40. The molecule has 5 N–H and O–H groups in total. The molecule has 0 aliphatic rings. The monoisotopic (exact) mass is 664 g/mol. The van der Waals surface area contributed by atoms with Crippen LogP contribution < -0.4 is 16.4 Å². The minimum atomic E-state index is -3.99. The first-order valence-electron chi connectivity index (χ1n) is 14.8. The first-order valence-corrected chi connectivity index (χ1v) is 17.1. The van der Waals surface area contributed by atoms with Crippen molar-refractivity contribution in [1.82, 2.24) is 14.9 Å². The molecule has 12 heteroatoms. The molecule has 0 saturated carbocycles. The smallest absolute Gasteiger partial charge is 0.407 e. The van der Waals surface area contributed by atoms with Crippen molar-refractivity contribution in [3.8, 4) is 0 Å². The molecule has 4 aromatic rings. The number of nitrogen functional groups attached to an aromatic ring is 1. The summed E-state index contributed by atoms with van der Waals surface area (Å²) in [5.74, 6) is -0.955. The van der Waals surface area contributed by atoms with Crippen molar-refractivity contribution in [2.75, 3.05) is 19.5 Å². The number of benzene rings is 3. The van der Waals surface area contributed by atoms with Crippen LogP contribution in [0.1, 0.15) is 59.7 Å². The van der Waals surface area contributed by atoms with Crippen molar-refractivity contribution in [3.63, 3.8) is 0 Å². The van der Waals surface area contributed by atoms with Crippen LogP contribution in [0.5, 0.6) is 0 Å². The van der Waals surface area contributed by atoms with Crippen LogP contribution in [0.3, 0.4) is 0 Å². The van der Waals surface area contributed by atoms with E-state index in [1.54, 1.807) is 26.0 Å². The Bertz CT molecular complexity index is 1660. The molecule has 244 valence electrons. The van der Waals surface area contributed by atoms with E-state index in [2.05, 4.69) is 10.6 Å². The first-order chi connectivity index (χ1) is 22.0. The van der Waals surface area contributed by atoms with Gasteiger partial charge in [-0.15, -0.1) is 11.3 Å². The second-order valence-electron chi connectivity index (χ2n) is 11.1. The summed E-state index contributed by atoms with van der Waals surface area (Å²) >= 11 is 1.29. The summed E-state index contributed by atoms with van der Waals surface area (Å²) in [6, 6.07) is 25.5. The summed E-state index contributed by atoms with van der Waals surface area (Å²) in [6.07, 6.45) is -0.745. The number of aliphatic hydroxyl groups is 1. The van der Waals surface area contributed by atoms with Gasteiger partial charge in [-0.3, -0.25) is 4.79 Å². The summed E-state index contributed by atoms with van der Waals surface area (Å²) in [4.78, 5) is 27.9. The highest BCUT2D eigenvalue weighted by atomic mass is 32.2. The van der Waals surface area contributed by atoms with Gasteiger partial charge in [-0.05, 0) is 68.3 Å². The molecule has 10 nitrogen and oxygen atoms in total. The van der Waals surface area contributed by atoms with Gasteiger partial charge >= 0.3 is 6.09 Å². The van der Waals surface area contributed by atoms with Crippen molar-refractivity contribution < 1.29 is 27.9 Å². The molecule has 0 aliphatic carbocycles. The zero-order chi connectivity index (χ0) is 33.4. The predicted octanol–water partition coefficient (Wildman–Crippen LogP) is 5.20. The second kappa shape index (κ2) is 15.4. The highest BCUT2D eigenvalue weighted by molar-refractivity contribution is 7.89. The van der Waals surface area contributed by atoms with Crippen molar-refractivity contribution >= 4 is 39.0 Å².